The van der Waals surface area contributed by atoms with Crippen molar-refractivity contribution < 1.29 is 0 Å². The molecule has 2 nitrogen and oxygen atoms in total. The molecule has 2 heteroatoms. The van der Waals surface area contributed by atoms with E-state index < -0.39 is 0 Å². The summed E-state index contributed by atoms with van der Waals surface area (Å²) in [5.41, 5.74) is 11.0. The molecule has 0 aromatic rings. The molecule has 0 aliphatic heterocycles. The Morgan fingerprint density at radius 1 is 1.50 bits per heavy atom. The van der Waals surface area contributed by atoms with Gasteiger partial charge in [-0.25, -0.2) is 0 Å². The van der Waals surface area contributed by atoms with Gasteiger partial charge < -0.3 is 11.5 Å². The summed E-state index contributed by atoms with van der Waals surface area (Å²) in [6.07, 6.45) is 7.47. The van der Waals surface area contributed by atoms with Crippen molar-refractivity contribution in [3.8, 4) is 0 Å². The van der Waals surface area contributed by atoms with Gasteiger partial charge in [-0.2, -0.15) is 0 Å². The second-order valence-corrected chi connectivity index (χ2v) is 2.22. The van der Waals surface area contributed by atoms with Crippen LogP contribution in [0, 0.1) is 0 Å². The molecule has 0 radical (unpaired) electrons. The van der Waals surface area contributed by atoms with E-state index in [2.05, 4.69) is 6.58 Å². The van der Waals surface area contributed by atoms with Crippen LogP contribution in [0.3, 0.4) is 0 Å². The molecule has 0 amide bonds. The van der Waals surface area contributed by atoms with Crippen LogP contribution < -0.4 is 11.5 Å². The molecule has 0 fully saturated rings. The first kappa shape index (κ1) is 9.40. The fourth-order valence-electron chi connectivity index (χ4n) is 0.671. The standard InChI is InChI=1S/C8H16N2/c1-2-3-5-8(10)6-4-7-9/h2-3,5,8H,1,4,6-7,9-10H2. The second-order valence-electron chi connectivity index (χ2n) is 2.22. The summed E-state index contributed by atoms with van der Waals surface area (Å²) in [6.45, 7) is 4.26. The molecule has 4 N–H and O–H groups in total. The molecule has 0 aromatic carbocycles. The van der Waals surface area contributed by atoms with Crippen LogP contribution in [0.4, 0.5) is 0 Å². The number of nitrogens with two attached hydrogens (primary N) is 2. The number of hydrogen-bond donors (Lipinski definition) is 2. The topological polar surface area (TPSA) is 52.0 Å². The molecular weight excluding hydrogens is 124 g/mol. The monoisotopic (exact) mass is 140 g/mol. The molecule has 0 rings (SSSR count). The van der Waals surface area contributed by atoms with Crippen LogP contribution in [0.5, 0.6) is 0 Å². The Morgan fingerprint density at radius 3 is 2.70 bits per heavy atom. The smallest absolute Gasteiger partial charge is 0.0227 e. The van der Waals surface area contributed by atoms with E-state index in [1.807, 2.05) is 12.2 Å². The lowest BCUT2D eigenvalue weighted by Crippen LogP contribution is -2.17. The van der Waals surface area contributed by atoms with Gasteiger partial charge in [-0.3, -0.25) is 0 Å². The van der Waals surface area contributed by atoms with E-state index in [4.69, 9.17) is 11.5 Å². The van der Waals surface area contributed by atoms with Gasteiger partial charge in [0.05, 0.1) is 0 Å². The maximum atomic E-state index is 5.66. The highest BCUT2D eigenvalue weighted by molar-refractivity contribution is 5.01. The number of hydrogen-bond acceptors (Lipinski definition) is 2. The third-order valence-electron chi connectivity index (χ3n) is 1.24. The van der Waals surface area contributed by atoms with Gasteiger partial charge in [-0.15, -0.1) is 0 Å². The zero-order chi connectivity index (χ0) is 7.82. The first-order valence-corrected chi connectivity index (χ1v) is 3.56. The van der Waals surface area contributed by atoms with Gasteiger partial charge in [0.1, 0.15) is 0 Å². The first-order chi connectivity index (χ1) is 4.81. The minimum atomic E-state index is 0.140. The van der Waals surface area contributed by atoms with Crippen molar-refractivity contribution in [1.29, 1.82) is 0 Å². The second kappa shape index (κ2) is 6.52. The fourth-order valence-corrected chi connectivity index (χ4v) is 0.671. The van der Waals surface area contributed by atoms with E-state index in [1.165, 1.54) is 0 Å². The van der Waals surface area contributed by atoms with E-state index >= 15 is 0 Å². The van der Waals surface area contributed by atoms with Gasteiger partial charge in [0.25, 0.3) is 0 Å². The lowest BCUT2D eigenvalue weighted by atomic mass is 10.1. The van der Waals surface area contributed by atoms with Gasteiger partial charge in [0.2, 0.25) is 0 Å². The molecule has 0 aliphatic carbocycles. The highest BCUT2D eigenvalue weighted by Gasteiger charge is 1.93. The molecule has 0 bridgehead atoms. The maximum Gasteiger partial charge on any atom is 0.0227 e. The SMILES string of the molecule is C=CC=CC(N)CCCN. The van der Waals surface area contributed by atoms with E-state index in [0.717, 1.165) is 19.4 Å². The highest BCUT2D eigenvalue weighted by atomic mass is 14.6. The molecular formula is C8H16N2. The number of rotatable bonds is 5. The molecule has 1 atom stereocenters. The van der Waals surface area contributed by atoms with Gasteiger partial charge in [-0.1, -0.05) is 24.8 Å². The summed E-state index contributed by atoms with van der Waals surface area (Å²) < 4.78 is 0. The van der Waals surface area contributed by atoms with Crippen LogP contribution in [0.15, 0.2) is 24.8 Å². The van der Waals surface area contributed by atoms with Crippen LogP contribution in [0.25, 0.3) is 0 Å². The Hall–Kier alpha value is -0.600. The van der Waals surface area contributed by atoms with Crippen LogP contribution in [-0.2, 0) is 0 Å². The zero-order valence-corrected chi connectivity index (χ0v) is 6.29. The van der Waals surface area contributed by atoms with Crippen LogP contribution >= 0.6 is 0 Å². The van der Waals surface area contributed by atoms with Crippen molar-refractivity contribution in [3.63, 3.8) is 0 Å². The Labute approximate surface area is 62.6 Å². The van der Waals surface area contributed by atoms with Crippen LogP contribution in [0.1, 0.15) is 12.8 Å². The minimum absolute atomic E-state index is 0.140. The molecule has 0 saturated carbocycles. The van der Waals surface area contributed by atoms with Gasteiger partial charge >= 0.3 is 0 Å². The normalized spacial score (nSPS) is 13.8. The average molecular weight is 140 g/mol. The molecule has 1 unspecified atom stereocenters. The molecule has 0 aliphatic rings. The predicted molar refractivity (Wildman–Crippen MR) is 45.6 cm³/mol. The highest BCUT2D eigenvalue weighted by Crippen LogP contribution is 1.93. The lowest BCUT2D eigenvalue weighted by molar-refractivity contribution is 0.674. The summed E-state index contributed by atoms with van der Waals surface area (Å²) in [4.78, 5) is 0. The molecule has 0 aromatic heterocycles. The quantitative estimate of drug-likeness (QED) is 0.555. The summed E-state index contributed by atoms with van der Waals surface area (Å²) in [6, 6.07) is 0.140. The van der Waals surface area contributed by atoms with Gasteiger partial charge in [0, 0.05) is 6.04 Å². The molecule has 0 saturated heterocycles. The minimum Gasteiger partial charge on any atom is -0.330 e. The van der Waals surface area contributed by atoms with Crippen molar-refractivity contribution in [2.75, 3.05) is 6.54 Å². The van der Waals surface area contributed by atoms with Crippen molar-refractivity contribution in [2.24, 2.45) is 11.5 Å². The lowest BCUT2D eigenvalue weighted by Gasteiger charge is -2.02. The average Bonchev–Trinajstić information content (AvgIpc) is 1.97. The Kier molecular flexibility index (Phi) is 6.13. The van der Waals surface area contributed by atoms with Crippen molar-refractivity contribution in [2.45, 2.75) is 18.9 Å². The van der Waals surface area contributed by atoms with E-state index in [9.17, 15) is 0 Å². The largest absolute Gasteiger partial charge is 0.330 e. The van der Waals surface area contributed by atoms with E-state index in [1.54, 1.807) is 6.08 Å². The van der Waals surface area contributed by atoms with Crippen LogP contribution in [0.2, 0.25) is 0 Å². The Balaban J connectivity index is 3.32. The Bertz CT molecular complexity index is 108. The van der Waals surface area contributed by atoms with E-state index in [0.29, 0.717) is 0 Å². The molecule has 10 heavy (non-hydrogen) atoms. The van der Waals surface area contributed by atoms with Crippen molar-refractivity contribution in [1.82, 2.24) is 0 Å². The van der Waals surface area contributed by atoms with Crippen molar-refractivity contribution >= 4 is 0 Å². The first-order valence-electron chi connectivity index (χ1n) is 3.56. The summed E-state index contributed by atoms with van der Waals surface area (Å²) >= 11 is 0. The summed E-state index contributed by atoms with van der Waals surface area (Å²) in [5.74, 6) is 0. The zero-order valence-electron chi connectivity index (χ0n) is 6.29. The summed E-state index contributed by atoms with van der Waals surface area (Å²) in [7, 11) is 0. The fraction of sp³-hybridized carbons (Fsp3) is 0.500. The number of allylic oxidation sites excluding steroid dienone is 2. The van der Waals surface area contributed by atoms with E-state index in [-0.39, 0.29) is 6.04 Å². The van der Waals surface area contributed by atoms with Gasteiger partial charge in [-0.05, 0) is 19.4 Å². The van der Waals surface area contributed by atoms with Crippen LogP contribution in [-0.4, -0.2) is 12.6 Å². The third-order valence-corrected chi connectivity index (χ3v) is 1.24. The molecule has 0 spiro atoms. The molecule has 0 heterocycles. The predicted octanol–water partition coefficient (Wildman–Crippen LogP) is 0.795. The van der Waals surface area contributed by atoms with Crippen molar-refractivity contribution in [3.05, 3.63) is 24.8 Å². The van der Waals surface area contributed by atoms with Gasteiger partial charge in [0.15, 0.2) is 0 Å². The maximum absolute atomic E-state index is 5.66. The summed E-state index contributed by atoms with van der Waals surface area (Å²) in [5, 5.41) is 0. The Morgan fingerprint density at radius 2 is 2.20 bits per heavy atom. The molecule has 58 valence electrons. The third kappa shape index (κ3) is 5.54.